The molecule has 10 heteroatoms. The molecule has 0 amide bonds. The molecule has 2 aromatic carbocycles. The number of nitrogens with one attached hydrogen (secondary N) is 1. The zero-order chi connectivity index (χ0) is 19.7. The number of nitrogens with zero attached hydrogens (tertiary/aromatic N) is 2. The first kappa shape index (κ1) is 19.3. The maximum Gasteiger partial charge on any atom is 0.416 e. The first-order chi connectivity index (χ1) is 12.7. The molecule has 0 spiro atoms. The monoisotopic (exact) mass is 413 g/mol. The normalized spacial score (nSPS) is 12.1. The van der Waals surface area contributed by atoms with Crippen molar-refractivity contribution >= 4 is 27.5 Å². The van der Waals surface area contributed by atoms with E-state index in [4.69, 9.17) is 0 Å². The molecule has 0 unspecified atom stereocenters. The minimum absolute atomic E-state index is 0.253. The van der Waals surface area contributed by atoms with E-state index in [2.05, 4.69) is 9.71 Å². The van der Waals surface area contributed by atoms with Crippen molar-refractivity contribution in [2.75, 3.05) is 4.72 Å². The average Bonchev–Trinajstić information content (AvgIpc) is 3.01. The van der Waals surface area contributed by atoms with Gasteiger partial charge in [-0.2, -0.15) is 13.2 Å². The van der Waals surface area contributed by atoms with Crippen LogP contribution in [0.15, 0.2) is 75.9 Å². The number of sulfonamides is 1. The molecular weight excluding hydrogens is 399 g/mol. The van der Waals surface area contributed by atoms with Gasteiger partial charge in [-0.3, -0.25) is 4.72 Å². The molecule has 0 saturated heterocycles. The Labute approximate surface area is 158 Å². The van der Waals surface area contributed by atoms with Crippen LogP contribution in [-0.2, 0) is 23.2 Å². The second kappa shape index (κ2) is 7.28. The van der Waals surface area contributed by atoms with E-state index in [0.717, 1.165) is 18.2 Å². The van der Waals surface area contributed by atoms with E-state index in [1.807, 2.05) is 0 Å². The maximum atomic E-state index is 12.9. The first-order valence-electron chi connectivity index (χ1n) is 7.61. The van der Waals surface area contributed by atoms with Crippen LogP contribution in [0.1, 0.15) is 5.56 Å². The van der Waals surface area contributed by atoms with Crippen molar-refractivity contribution in [1.29, 1.82) is 0 Å². The molecule has 0 aliphatic rings. The SMILES string of the molecule is Cn1ccnc1Sc1ccccc1NS(=O)(=O)c1cccc(C(F)(F)F)c1. The summed E-state index contributed by atoms with van der Waals surface area (Å²) in [6, 6.07) is 10.2. The molecule has 5 nitrogen and oxygen atoms in total. The van der Waals surface area contributed by atoms with Gasteiger partial charge in [0, 0.05) is 24.3 Å². The van der Waals surface area contributed by atoms with Gasteiger partial charge in [-0.25, -0.2) is 13.4 Å². The minimum atomic E-state index is -4.63. The minimum Gasteiger partial charge on any atom is -0.329 e. The predicted octanol–water partition coefficient (Wildman–Crippen LogP) is 4.39. The van der Waals surface area contributed by atoms with Gasteiger partial charge in [-0.1, -0.05) is 18.2 Å². The van der Waals surface area contributed by atoms with Gasteiger partial charge in [0.15, 0.2) is 5.16 Å². The van der Waals surface area contributed by atoms with Gasteiger partial charge >= 0.3 is 6.18 Å². The number of anilines is 1. The topological polar surface area (TPSA) is 64.0 Å². The molecule has 3 rings (SSSR count). The van der Waals surface area contributed by atoms with E-state index in [9.17, 15) is 21.6 Å². The quantitative estimate of drug-likeness (QED) is 0.674. The van der Waals surface area contributed by atoms with Gasteiger partial charge in [0.1, 0.15) is 0 Å². The Morgan fingerprint density at radius 1 is 1.11 bits per heavy atom. The summed E-state index contributed by atoms with van der Waals surface area (Å²) in [6.45, 7) is 0. The fourth-order valence-electron chi connectivity index (χ4n) is 2.23. The van der Waals surface area contributed by atoms with Gasteiger partial charge in [-0.05, 0) is 42.1 Å². The smallest absolute Gasteiger partial charge is 0.329 e. The largest absolute Gasteiger partial charge is 0.416 e. The van der Waals surface area contributed by atoms with E-state index >= 15 is 0 Å². The second-order valence-corrected chi connectivity index (χ2v) is 8.24. The van der Waals surface area contributed by atoms with Crippen molar-refractivity contribution in [3.8, 4) is 0 Å². The molecular formula is C17H14F3N3O2S2. The van der Waals surface area contributed by atoms with Crippen LogP contribution in [0.25, 0.3) is 0 Å². The number of rotatable bonds is 5. The number of aromatic nitrogens is 2. The molecule has 0 fully saturated rings. The first-order valence-corrected chi connectivity index (χ1v) is 9.91. The molecule has 0 saturated carbocycles. The Kier molecular flexibility index (Phi) is 5.20. The number of imidazole rings is 1. The van der Waals surface area contributed by atoms with Gasteiger partial charge in [0.2, 0.25) is 0 Å². The molecule has 1 N–H and O–H groups in total. The Morgan fingerprint density at radius 3 is 2.52 bits per heavy atom. The summed E-state index contributed by atoms with van der Waals surface area (Å²) in [6.07, 6.45) is -1.27. The molecule has 27 heavy (non-hydrogen) atoms. The van der Waals surface area contributed by atoms with Crippen molar-refractivity contribution < 1.29 is 21.6 Å². The van der Waals surface area contributed by atoms with Crippen molar-refractivity contribution in [3.63, 3.8) is 0 Å². The fourth-order valence-corrected chi connectivity index (χ4v) is 4.31. The Hall–Kier alpha value is -2.46. The van der Waals surface area contributed by atoms with E-state index in [-0.39, 0.29) is 5.69 Å². The van der Waals surface area contributed by atoms with E-state index in [1.54, 1.807) is 42.2 Å². The fraction of sp³-hybridized carbons (Fsp3) is 0.118. The molecule has 142 valence electrons. The zero-order valence-corrected chi connectivity index (χ0v) is 15.6. The summed E-state index contributed by atoms with van der Waals surface area (Å²) in [4.78, 5) is 4.28. The lowest BCUT2D eigenvalue weighted by molar-refractivity contribution is -0.137. The molecule has 0 atom stereocenters. The summed E-state index contributed by atoms with van der Waals surface area (Å²) in [5.74, 6) is 0. The second-order valence-electron chi connectivity index (χ2n) is 5.55. The lowest BCUT2D eigenvalue weighted by Gasteiger charge is -2.13. The molecule has 0 radical (unpaired) electrons. The van der Waals surface area contributed by atoms with Crippen LogP contribution >= 0.6 is 11.8 Å². The van der Waals surface area contributed by atoms with E-state index < -0.39 is 26.7 Å². The lowest BCUT2D eigenvalue weighted by atomic mass is 10.2. The summed E-state index contributed by atoms with van der Waals surface area (Å²) >= 11 is 1.24. The van der Waals surface area contributed by atoms with Crippen LogP contribution in [-0.4, -0.2) is 18.0 Å². The number of benzene rings is 2. The van der Waals surface area contributed by atoms with E-state index in [1.165, 1.54) is 17.8 Å². The zero-order valence-electron chi connectivity index (χ0n) is 13.9. The van der Waals surface area contributed by atoms with Crippen molar-refractivity contribution in [1.82, 2.24) is 9.55 Å². The lowest BCUT2D eigenvalue weighted by Crippen LogP contribution is -2.15. The predicted molar refractivity (Wildman–Crippen MR) is 96.0 cm³/mol. The average molecular weight is 413 g/mol. The van der Waals surface area contributed by atoms with Gasteiger partial charge in [-0.15, -0.1) is 0 Å². The highest BCUT2D eigenvalue weighted by molar-refractivity contribution is 7.99. The maximum absolute atomic E-state index is 12.9. The van der Waals surface area contributed by atoms with Crippen LogP contribution in [0.5, 0.6) is 0 Å². The molecule has 0 bridgehead atoms. The van der Waals surface area contributed by atoms with Crippen LogP contribution < -0.4 is 4.72 Å². The van der Waals surface area contributed by atoms with Gasteiger partial charge < -0.3 is 4.57 Å². The molecule has 0 aliphatic heterocycles. The van der Waals surface area contributed by atoms with Crippen LogP contribution in [0.3, 0.4) is 0 Å². The summed E-state index contributed by atoms with van der Waals surface area (Å²) in [5.41, 5.74) is -0.774. The molecule has 1 heterocycles. The number of hydrogen-bond acceptors (Lipinski definition) is 4. The third-order valence-corrected chi connectivity index (χ3v) is 6.10. The van der Waals surface area contributed by atoms with Gasteiger partial charge in [0.25, 0.3) is 10.0 Å². The molecule has 1 aromatic heterocycles. The third kappa shape index (κ3) is 4.45. The third-order valence-electron chi connectivity index (χ3n) is 3.58. The number of aryl methyl sites for hydroxylation is 1. The van der Waals surface area contributed by atoms with Crippen LogP contribution in [0.2, 0.25) is 0 Å². The Balaban J connectivity index is 1.92. The summed E-state index contributed by atoms with van der Waals surface area (Å²) < 4.78 is 67.9. The number of halogens is 3. The van der Waals surface area contributed by atoms with Crippen LogP contribution in [0, 0.1) is 0 Å². The van der Waals surface area contributed by atoms with E-state index in [0.29, 0.717) is 16.1 Å². The molecule has 0 aliphatic carbocycles. The standard InChI is InChI=1S/C17H14F3N3O2S2/c1-23-10-9-21-16(23)26-15-8-3-2-7-14(15)22-27(24,25)13-6-4-5-12(11-13)17(18,19)20/h2-11,22H,1H3. The molecule has 3 aromatic rings. The highest BCUT2D eigenvalue weighted by Crippen LogP contribution is 2.34. The Bertz CT molecular complexity index is 1060. The van der Waals surface area contributed by atoms with Crippen molar-refractivity contribution in [2.24, 2.45) is 7.05 Å². The van der Waals surface area contributed by atoms with Crippen molar-refractivity contribution in [2.45, 2.75) is 21.1 Å². The van der Waals surface area contributed by atoms with Crippen LogP contribution in [0.4, 0.5) is 18.9 Å². The highest BCUT2D eigenvalue weighted by atomic mass is 32.2. The highest BCUT2D eigenvalue weighted by Gasteiger charge is 2.31. The summed E-state index contributed by atoms with van der Waals surface area (Å²) in [7, 11) is -2.40. The number of hydrogen-bond donors (Lipinski definition) is 1. The Morgan fingerprint density at radius 2 is 1.85 bits per heavy atom. The number of alkyl halides is 3. The summed E-state index contributed by atoms with van der Waals surface area (Å²) in [5, 5.41) is 0.640. The number of para-hydroxylation sites is 1. The van der Waals surface area contributed by atoms with Gasteiger partial charge in [0.05, 0.1) is 16.1 Å². The van der Waals surface area contributed by atoms with Crippen molar-refractivity contribution in [3.05, 3.63) is 66.5 Å².